The summed E-state index contributed by atoms with van der Waals surface area (Å²) >= 11 is 9.86. The highest BCUT2D eigenvalue weighted by atomic mass is 79.9. The van der Waals surface area contributed by atoms with E-state index < -0.39 is 10.1 Å². The third-order valence-electron chi connectivity index (χ3n) is 2.50. The summed E-state index contributed by atoms with van der Waals surface area (Å²) < 4.78 is 36.6. The van der Waals surface area contributed by atoms with E-state index in [1.807, 2.05) is 0 Å². The average molecular weight is 501 g/mol. The van der Waals surface area contributed by atoms with Crippen molar-refractivity contribution in [3.05, 3.63) is 49.8 Å². The van der Waals surface area contributed by atoms with Gasteiger partial charge in [0, 0.05) is 4.47 Å². The average Bonchev–Trinajstić information content (AvgIpc) is 2.43. The molecule has 0 saturated heterocycles. The van der Waals surface area contributed by atoms with Crippen molar-refractivity contribution >= 4 is 57.9 Å². The molecular weight excluding hydrogens is 492 g/mol. The van der Waals surface area contributed by atoms with Crippen LogP contribution in [-0.2, 0) is 10.1 Å². The molecule has 0 bridgehead atoms. The standard InChI is InChI=1S/C13H9Br3O4S/c1-19-9-2-4-10(5-3-9)21(17,18)20-13-11(15)6-8(14)7-12(13)16/h2-7H,1H3. The summed E-state index contributed by atoms with van der Waals surface area (Å²) in [5.41, 5.74) is 0. The fourth-order valence-electron chi connectivity index (χ4n) is 1.51. The molecule has 0 aliphatic carbocycles. The van der Waals surface area contributed by atoms with Crippen LogP contribution in [0.1, 0.15) is 0 Å². The Labute approximate surface area is 148 Å². The second-order valence-corrected chi connectivity index (χ2v) is 8.08. The molecule has 0 N–H and O–H groups in total. The highest BCUT2D eigenvalue weighted by Crippen LogP contribution is 2.38. The molecule has 2 rings (SSSR count). The van der Waals surface area contributed by atoms with Crippen molar-refractivity contribution < 1.29 is 17.3 Å². The smallest absolute Gasteiger partial charge is 0.339 e. The molecule has 0 aromatic heterocycles. The molecule has 0 spiro atoms. The zero-order valence-electron chi connectivity index (χ0n) is 10.6. The van der Waals surface area contributed by atoms with Crippen LogP contribution in [0.4, 0.5) is 0 Å². The molecule has 0 fully saturated rings. The molecule has 2 aromatic rings. The lowest BCUT2D eigenvalue weighted by molar-refractivity contribution is 0.414. The second kappa shape index (κ2) is 6.68. The largest absolute Gasteiger partial charge is 0.497 e. The Kier molecular flexibility index (Phi) is 5.34. The second-order valence-electron chi connectivity index (χ2n) is 3.91. The molecule has 0 saturated carbocycles. The zero-order valence-corrected chi connectivity index (χ0v) is 16.2. The van der Waals surface area contributed by atoms with Gasteiger partial charge in [-0.3, -0.25) is 0 Å². The lowest BCUT2D eigenvalue weighted by Crippen LogP contribution is -2.10. The molecule has 0 aliphatic rings. The first-order valence-electron chi connectivity index (χ1n) is 5.56. The molecule has 4 nitrogen and oxygen atoms in total. The first kappa shape index (κ1) is 16.8. The van der Waals surface area contributed by atoms with Crippen molar-refractivity contribution in [2.24, 2.45) is 0 Å². The van der Waals surface area contributed by atoms with E-state index >= 15 is 0 Å². The van der Waals surface area contributed by atoms with Crippen molar-refractivity contribution in [1.82, 2.24) is 0 Å². The van der Waals surface area contributed by atoms with Gasteiger partial charge in [-0.15, -0.1) is 0 Å². The molecule has 0 atom stereocenters. The first-order chi connectivity index (χ1) is 9.83. The Morgan fingerprint density at radius 3 is 1.95 bits per heavy atom. The molecule has 2 aromatic carbocycles. The monoisotopic (exact) mass is 498 g/mol. The predicted molar refractivity (Wildman–Crippen MR) is 90.3 cm³/mol. The minimum Gasteiger partial charge on any atom is -0.497 e. The fraction of sp³-hybridized carbons (Fsp3) is 0.0769. The molecule has 0 amide bonds. The van der Waals surface area contributed by atoms with Crippen LogP contribution in [0.2, 0.25) is 0 Å². The van der Waals surface area contributed by atoms with Gasteiger partial charge in [0.05, 0.1) is 16.1 Å². The van der Waals surface area contributed by atoms with Gasteiger partial charge in [0.25, 0.3) is 0 Å². The van der Waals surface area contributed by atoms with E-state index in [-0.39, 0.29) is 10.6 Å². The predicted octanol–water partition coefficient (Wildman–Crippen LogP) is 4.75. The van der Waals surface area contributed by atoms with E-state index in [2.05, 4.69) is 47.8 Å². The molecule has 112 valence electrons. The van der Waals surface area contributed by atoms with Crippen LogP contribution >= 0.6 is 47.8 Å². The van der Waals surface area contributed by atoms with Crippen molar-refractivity contribution in [2.75, 3.05) is 7.11 Å². The van der Waals surface area contributed by atoms with Crippen molar-refractivity contribution in [3.8, 4) is 11.5 Å². The van der Waals surface area contributed by atoms with Crippen molar-refractivity contribution in [2.45, 2.75) is 4.90 Å². The minimum absolute atomic E-state index is 0.0463. The van der Waals surface area contributed by atoms with Crippen LogP contribution in [0.25, 0.3) is 0 Å². The highest BCUT2D eigenvalue weighted by Gasteiger charge is 2.20. The van der Waals surface area contributed by atoms with Gasteiger partial charge in [-0.25, -0.2) is 0 Å². The number of hydrogen-bond donors (Lipinski definition) is 0. The normalized spacial score (nSPS) is 11.2. The van der Waals surface area contributed by atoms with E-state index in [1.165, 1.54) is 19.2 Å². The fourth-order valence-corrected chi connectivity index (χ4v) is 5.11. The summed E-state index contributed by atoms with van der Waals surface area (Å²) in [6.45, 7) is 0. The van der Waals surface area contributed by atoms with Crippen LogP contribution < -0.4 is 8.92 Å². The van der Waals surface area contributed by atoms with E-state index in [4.69, 9.17) is 8.92 Å². The van der Waals surface area contributed by atoms with Crippen LogP contribution in [0, 0.1) is 0 Å². The third kappa shape index (κ3) is 4.00. The van der Waals surface area contributed by atoms with Crippen LogP contribution in [0.15, 0.2) is 54.7 Å². The molecular formula is C13H9Br3O4S. The summed E-state index contributed by atoms with van der Waals surface area (Å²) in [6, 6.07) is 9.36. The molecule has 8 heteroatoms. The van der Waals surface area contributed by atoms with E-state index in [0.29, 0.717) is 14.7 Å². The maximum Gasteiger partial charge on any atom is 0.339 e. The third-order valence-corrected chi connectivity index (χ3v) is 5.38. The van der Waals surface area contributed by atoms with Crippen LogP contribution in [0.3, 0.4) is 0 Å². The van der Waals surface area contributed by atoms with Crippen LogP contribution in [-0.4, -0.2) is 15.5 Å². The molecule has 0 heterocycles. The van der Waals surface area contributed by atoms with E-state index in [1.54, 1.807) is 24.3 Å². The molecule has 21 heavy (non-hydrogen) atoms. The minimum atomic E-state index is -3.93. The Balaban J connectivity index is 2.37. The first-order valence-corrected chi connectivity index (χ1v) is 9.35. The SMILES string of the molecule is COc1ccc(S(=O)(=O)Oc2c(Br)cc(Br)cc2Br)cc1. The number of benzene rings is 2. The van der Waals surface area contributed by atoms with Gasteiger partial charge < -0.3 is 8.92 Å². The lowest BCUT2D eigenvalue weighted by atomic mass is 10.3. The number of halogens is 3. The van der Waals surface area contributed by atoms with Gasteiger partial charge in [-0.1, -0.05) is 15.9 Å². The number of hydrogen-bond acceptors (Lipinski definition) is 4. The highest BCUT2D eigenvalue weighted by molar-refractivity contribution is 9.11. The maximum absolute atomic E-state index is 12.3. The number of methoxy groups -OCH3 is 1. The summed E-state index contributed by atoms with van der Waals surface area (Å²) in [4.78, 5) is 0.0463. The Hall–Kier alpha value is -0.570. The number of rotatable bonds is 4. The van der Waals surface area contributed by atoms with Crippen molar-refractivity contribution in [1.29, 1.82) is 0 Å². The Morgan fingerprint density at radius 1 is 0.952 bits per heavy atom. The van der Waals surface area contributed by atoms with Gasteiger partial charge in [-0.2, -0.15) is 8.42 Å². The van der Waals surface area contributed by atoms with Gasteiger partial charge in [0.2, 0.25) is 0 Å². The van der Waals surface area contributed by atoms with Gasteiger partial charge in [0.15, 0.2) is 5.75 Å². The maximum atomic E-state index is 12.3. The summed E-state index contributed by atoms with van der Waals surface area (Å²) in [5, 5.41) is 0. The summed E-state index contributed by atoms with van der Waals surface area (Å²) in [6.07, 6.45) is 0. The number of ether oxygens (including phenoxy) is 1. The van der Waals surface area contributed by atoms with Gasteiger partial charge in [0.1, 0.15) is 10.6 Å². The quantitative estimate of drug-likeness (QED) is 0.568. The lowest BCUT2D eigenvalue weighted by Gasteiger charge is -2.11. The van der Waals surface area contributed by atoms with Crippen LogP contribution in [0.5, 0.6) is 11.5 Å². The van der Waals surface area contributed by atoms with Gasteiger partial charge >= 0.3 is 10.1 Å². The molecule has 0 aliphatic heterocycles. The molecule has 0 unspecified atom stereocenters. The van der Waals surface area contributed by atoms with E-state index in [0.717, 1.165) is 4.47 Å². The Morgan fingerprint density at radius 2 is 1.48 bits per heavy atom. The Bertz CT molecular complexity index is 734. The topological polar surface area (TPSA) is 52.6 Å². The zero-order chi connectivity index (χ0) is 15.6. The van der Waals surface area contributed by atoms with E-state index in [9.17, 15) is 8.42 Å². The summed E-state index contributed by atoms with van der Waals surface area (Å²) in [5.74, 6) is 0.758. The molecule has 0 radical (unpaired) electrons. The van der Waals surface area contributed by atoms with Crippen molar-refractivity contribution in [3.63, 3.8) is 0 Å². The summed E-state index contributed by atoms with van der Waals surface area (Å²) in [7, 11) is -2.42. The van der Waals surface area contributed by atoms with Gasteiger partial charge in [-0.05, 0) is 68.3 Å².